The first-order valence-electron chi connectivity index (χ1n) is 8.98. The van der Waals surface area contributed by atoms with Crippen molar-refractivity contribution in [1.29, 1.82) is 0 Å². The lowest BCUT2D eigenvalue weighted by Gasteiger charge is -2.25. The number of aliphatic hydroxyl groups excluding tert-OH is 1. The Labute approximate surface area is 182 Å². The fourth-order valence-corrected chi connectivity index (χ4v) is 2.45. The van der Waals surface area contributed by atoms with Gasteiger partial charge in [0.2, 0.25) is 23.6 Å². The summed E-state index contributed by atoms with van der Waals surface area (Å²) >= 11 is 3.78. The summed E-state index contributed by atoms with van der Waals surface area (Å²) in [6.07, 6.45) is -2.83. The highest BCUT2D eigenvalue weighted by Gasteiger charge is 2.33. The fraction of sp³-hybridized carbons (Fsp3) is 0.625. The van der Waals surface area contributed by atoms with Crippen molar-refractivity contribution >= 4 is 48.2 Å². The monoisotopic (exact) mass is 465 g/mol. The first kappa shape index (κ1) is 28.1. The van der Waals surface area contributed by atoms with Gasteiger partial charge in [0.25, 0.3) is 0 Å². The van der Waals surface area contributed by atoms with Crippen molar-refractivity contribution in [3.8, 4) is 0 Å². The largest absolute Gasteiger partial charge is 0.481 e. The van der Waals surface area contributed by atoms with E-state index >= 15 is 0 Å². The number of nitrogens with one attached hydrogen (secondary N) is 3. The summed E-state index contributed by atoms with van der Waals surface area (Å²) in [4.78, 5) is 69.8. The SMILES string of the molecule is CC(O)C(NC(=O)C(CC(N)=O)NC(=O)C(N)CCC(=O)O)C(=O)NC(CS)C(=O)O. The highest BCUT2D eigenvalue weighted by molar-refractivity contribution is 7.80. The van der Waals surface area contributed by atoms with Crippen molar-refractivity contribution in [1.82, 2.24) is 16.0 Å². The Morgan fingerprint density at radius 3 is 1.90 bits per heavy atom. The first-order valence-corrected chi connectivity index (χ1v) is 9.61. The number of thiol groups is 1. The Balaban J connectivity index is 5.33. The number of carbonyl (C=O) groups is 6. The Bertz CT molecular complexity index is 703. The molecule has 14 nitrogen and oxygen atoms in total. The third-order valence-electron chi connectivity index (χ3n) is 3.90. The lowest BCUT2D eigenvalue weighted by Crippen LogP contribution is -2.60. The molecule has 0 bridgehead atoms. The minimum absolute atomic E-state index is 0.245. The van der Waals surface area contributed by atoms with Gasteiger partial charge < -0.3 is 42.7 Å². The summed E-state index contributed by atoms with van der Waals surface area (Å²) in [5.41, 5.74) is 10.6. The molecule has 0 fully saturated rings. The summed E-state index contributed by atoms with van der Waals surface area (Å²) in [6, 6.07) is -5.93. The molecular weight excluding hydrogens is 438 g/mol. The van der Waals surface area contributed by atoms with Crippen molar-refractivity contribution in [2.24, 2.45) is 11.5 Å². The molecule has 0 rings (SSSR count). The quantitative estimate of drug-likeness (QED) is 0.112. The molecule has 0 aliphatic rings. The van der Waals surface area contributed by atoms with Crippen molar-refractivity contribution in [3.63, 3.8) is 0 Å². The maximum Gasteiger partial charge on any atom is 0.327 e. The van der Waals surface area contributed by atoms with Gasteiger partial charge in [0, 0.05) is 12.2 Å². The maximum atomic E-state index is 12.5. The number of aliphatic hydroxyl groups is 1. The molecule has 0 aromatic rings. The van der Waals surface area contributed by atoms with Crippen LogP contribution in [0.1, 0.15) is 26.2 Å². The molecule has 0 saturated heterocycles. The average molecular weight is 465 g/mol. The summed E-state index contributed by atoms with van der Waals surface area (Å²) < 4.78 is 0. The zero-order valence-electron chi connectivity index (χ0n) is 16.6. The van der Waals surface area contributed by atoms with Gasteiger partial charge in [0.1, 0.15) is 18.1 Å². The van der Waals surface area contributed by atoms with E-state index < -0.39 is 78.7 Å². The van der Waals surface area contributed by atoms with Gasteiger partial charge in [-0.1, -0.05) is 0 Å². The summed E-state index contributed by atoms with van der Waals surface area (Å²) in [7, 11) is 0. The zero-order valence-corrected chi connectivity index (χ0v) is 17.5. The Morgan fingerprint density at radius 1 is 0.935 bits per heavy atom. The van der Waals surface area contributed by atoms with Crippen molar-refractivity contribution in [2.75, 3.05) is 5.75 Å². The highest BCUT2D eigenvalue weighted by Crippen LogP contribution is 2.02. The third kappa shape index (κ3) is 10.6. The molecule has 0 aromatic carbocycles. The minimum atomic E-state index is -1.64. The first-order chi connectivity index (χ1) is 14.3. The molecule has 4 amide bonds. The number of hydrogen-bond donors (Lipinski definition) is 9. The molecule has 15 heteroatoms. The van der Waals surface area contributed by atoms with E-state index in [-0.39, 0.29) is 12.2 Å². The number of carboxylic acid groups (broad SMARTS) is 2. The van der Waals surface area contributed by atoms with Crippen LogP contribution in [-0.4, -0.2) is 86.9 Å². The van der Waals surface area contributed by atoms with Crippen molar-refractivity contribution in [2.45, 2.75) is 56.5 Å². The number of aliphatic carboxylic acids is 2. The van der Waals surface area contributed by atoms with Crippen LogP contribution in [0.25, 0.3) is 0 Å². The normalized spacial score (nSPS) is 15.5. The van der Waals surface area contributed by atoms with Gasteiger partial charge in [-0.25, -0.2) is 4.79 Å². The van der Waals surface area contributed by atoms with Crippen LogP contribution < -0.4 is 27.4 Å². The predicted octanol–water partition coefficient (Wildman–Crippen LogP) is -4.10. The lowest BCUT2D eigenvalue weighted by atomic mass is 10.1. The van der Waals surface area contributed by atoms with Crippen molar-refractivity contribution in [3.05, 3.63) is 0 Å². The van der Waals surface area contributed by atoms with E-state index in [1.165, 1.54) is 0 Å². The minimum Gasteiger partial charge on any atom is -0.481 e. The van der Waals surface area contributed by atoms with Gasteiger partial charge in [0.05, 0.1) is 18.6 Å². The molecule has 176 valence electrons. The van der Waals surface area contributed by atoms with Crippen LogP contribution in [0.3, 0.4) is 0 Å². The molecule has 0 spiro atoms. The summed E-state index contributed by atoms with van der Waals surface area (Å²) in [5.74, 6) is -6.92. The Morgan fingerprint density at radius 2 is 1.48 bits per heavy atom. The molecule has 0 heterocycles. The van der Waals surface area contributed by atoms with Gasteiger partial charge in [0.15, 0.2) is 0 Å². The Kier molecular flexibility index (Phi) is 12.1. The number of hydrogen-bond acceptors (Lipinski definition) is 9. The highest BCUT2D eigenvalue weighted by atomic mass is 32.1. The second-order valence-corrected chi connectivity index (χ2v) is 6.94. The van der Waals surface area contributed by atoms with E-state index in [1.807, 2.05) is 0 Å². The molecule has 0 saturated carbocycles. The van der Waals surface area contributed by atoms with Crippen LogP contribution in [0.2, 0.25) is 0 Å². The van der Waals surface area contributed by atoms with Crippen LogP contribution in [0, 0.1) is 0 Å². The fourth-order valence-electron chi connectivity index (χ4n) is 2.21. The van der Waals surface area contributed by atoms with E-state index in [4.69, 9.17) is 21.7 Å². The van der Waals surface area contributed by atoms with Gasteiger partial charge in [-0.3, -0.25) is 24.0 Å². The van der Waals surface area contributed by atoms with Crippen LogP contribution >= 0.6 is 12.6 Å². The number of amides is 4. The number of nitrogens with two attached hydrogens (primary N) is 2. The lowest BCUT2D eigenvalue weighted by molar-refractivity contribution is -0.142. The van der Waals surface area contributed by atoms with Crippen molar-refractivity contribution < 1.29 is 44.1 Å². The molecule has 0 aromatic heterocycles. The van der Waals surface area contributed by atoms with Gasteiger partial charge in [-0.15, -0.1) is 0 Å². The molecule has 10 N–H and O–H groups in total. The standard InChI is InChI=1S/C16H27N5O9S/c1-6(22)12(15(28)20-9(5-31)16(29)30)21-14(27)8(4-10(18)23)19-13(26)7(17)2-3-11(24)25/h6-9,12,22,31H,2-5,17H2,1H3,(H2,18,23)(H,19,26)(H,20,28)(H,21,27)(H,24,25)(H,29,30). The molecule has 5 atom stereocenters. The van der Waals surface area contributed by atoms with E-state index in [2.05, 4.69) is 28.6 Å². The molecular formula is C16H27N5O9S. The van der Waals surface area contributed by atoms with E-state index in [0.717, 1.165) is 6.92 Å². The number of carboxylic acids is 2. The zero-order chi connectivity index (χ0) is 24.3. The van der Waals surface area contributed by atoms with Gasteiger partial charge in [-0.05, 0) is 13.3 Å². The molecule has 31 heavy (non-hydrogen) atoms. The van der Waals surface area contributed by atoms with E-state index in [9.17, 15) is 33.9 Å². The Hall–Kier alpha value is -2.91. The van der Waals surface area contributed by atoms with E-state index in [1.54, 1.807) is 0 Å². The van der Waals surface area contributed by atoms with Gasteiger partial charge >= 0.3 is 11.9 Å². The number of rotatable bonds is 14. The molecule has 0 aliphatic carbocycles. The van der Waals surface area contributed by atoms with Gasteiger partial charge in [-0.2, -0.15) is 12.6 Å². The van der Waals surface area contributed by atoms with Crippen LogP contribution in [0.4, 0.5) is 0 Å². The van der Waals surface area contributed by atoms with Crippen LogP contribution in [-0.2, 0) is 28.8 Å². The molecule has 0 radical (unpaired) electrons. The predicted molar refractivity (Wildman–Crippen MR) is 108 cm³/mol. The summed E-state index contributed by atoms with van der Waals surface area (Å²) in [5, 5.41) is 33.7. The number of primary amides is 1. The number of carbonyl (C=O) groups excluding carboxylic acids is 4. The van der Waals surface area contributed by atoms with Crippen LogP contribution in [0.15, 0.2) is 0 Å². The third-order valence-corrected chi connectivity index (χ3v) is 4.27. The second kappa shape index (κ2) is 13.4. The smallest absolute Gasteiger partial charge is 0.327 e. The summed E-state index contributed by atoms with van der Waals surface area (Å²) in [6.45, 7) is 1.14. The van der Waals surface area contributed by atoms with Crippen LogP contribution in [0.5, 0.6) is 0 Å². The topological polar surface area (TPSA) is 251 Å². The maximum absolute atomic E-state index is 12.5. The second-order valence-electron chi connectivity index (χ2n) is 6.58. The average Bonchev–Trinajstić information content (AvgIpc) is 2.66. The molecule has 5 unspecified atom stereocenters. The van der Waals surface area contributed by atoms with E-state index in [0.29, 0.717) is 0 Å². The molecule has 0 aliphatic heterocycles.